The summed E-state index contributed by atoms with van der Waals surface area (Å²) in [6.45, 7) is 1.15. The predicted molar refractivity (Wildman–Crippen MR) is 94.3 cm³/mol. The van der Waals surface area contributed by atoms with E-state index in [4.69, 9.17) is 0 Å². The van der Waals surface area contributed by atoms with Crippen molar-refractivity contribution < 1.29 is 0 Å². The van der Waals surface area contributed by atoms with Crippen molar-refractivity contribution >= 4 is 16.5 Å². The number of benzene rings is 3. The number of nitrogens with zero attached hydrogens (tertiary/aromatic N) is 1. The van der Waals surface area contributed by atoms with Crippen LogP contribution in [0.15, 0.2) is 72.8 Å². The molecule has 0 radical (unpaired) electrons. The van der Waals surface area contributed by atoms with Crippen LogP contribution in [0.3, 0.4) is 0 Å². The minimum absolute atomic E-state index is 0.501. The van der Waals surface area contributed by atoms with Crippen LogP contribution in [-0.4, -0.2) is 6.54 Å². The molecule has 0 aliphatic carbocycles. The lowest BCUT2D eigenvalue weighted by molar-refractivity contribution is 0.474. The fraction of sp³-hybridized carbons (Fsp3) is 0.238. The molecule has 0 spiro atoms. The number of hydrogen-bond donors (Lipinski definition) is 0. The Bertz CT molecular complexity index is 758. The number of anilines is 1. The van der Waals surface area contributed by atoms with E-state index in [2.05, 4.69) is 77.7 Å². The van der Waals surface area contributed by atoms with Crippen LogP contribution < -0.4 is 4.90 Å². The molecule has 1 fully saturated rings. The minimum Gasteiger partial charge on any atom is -0.364 e. The van der Waals surface area contributed by atoms with Gasteiger partial charge < -0.3 is 4.90 Å². The Morgan fingerprint density at radius 2 is 1.50 bits per heavy atom. The van der Waals surface area contributed by atoms with Gasteiger partial charge in [-0.15, -0.1) is 0 Å². The zero-order chi connectivity index (χ0) is 14.8. The van der Waals surface area contributed by atoms with Crippen LogP contribution in [-0.2, 0) is 0 Å². The van der Waals surface area contributed by atoms with Crippen molar-refractivity contribution in [2.75, 3.05) is 11.4 Å². The highest BCUT2D eigenvalue weighted by atomic mass is 15.2. The van der Waals surface area contributed by atoms with Crippen LogP contribution in [0.25, 0.3) is 10.8 Å². The number of rotatable bonds is 2. The topological polar surface area (TPSA) is 3.24 Å². The molecule has 1 saturated heterocycles. The molecule has 1 heterocycles. The van der Waals surface area contributed by atoms with Gasteiger partial charge in [0.15, 0.2) is 0 Å². The van der Waals surface area contributed by atoms with Gasteiger partial charge in [0.1, 0.15) is 0 Å². The summed E-state index contributed by atoms with van der Waals surface area (Å²) in [7, 11) is 0. The van der Waals surface area contributed by atoms with Gasteiger partial charge in [-0.3, -0.25) is 0 Å². The number of hydrogen-bond acceptors (Lipinski definition) is 1. The van der Waals surface area contributed by atoms with Crippen molar-refractivity contribution in [3.63, 3.8) is 0 Å². The molecule has 3 aromatic rings. The molecule has 1 aliphatic heterocycles. The van der Waals surface area contributed by atoms with Crippen molar-refractivity contribution in [3.8, 4) is 0 Å². The van der Waals surface area contributed by atoms with Crippen LogP contribution in [0.4, 0.5) is 5.69 Å². The van der Waals surface area contributed by atoms with Crippen molar-refractivity contribution in [1.29, 1.82) is 0 Å². The van der Waals surface area contributed by atoms with Crippen LogP contribution in [0.2, 0.25) is 0 Å². The quantitative estimate of drug-likeness (QED) is 0.595. The van der Waals surface area contributed by atoms with Gasteiger partial charge in [-0.05, 0) is 36.3 Å². The van der Waals surface area contributed by atoms with E-state index in [0.29, 0.717) is 6.04 Å². The molecule has 3 aromatic carbocycles. The summed E-state index contributed by atoms with van der Waals surface area (Å²) in [6.07, 6.45) is 3.85. The molecule has 1 nitrogen and oxygen atoms in total. The molecule has 0 N–H and O–H groups in total. The molecule has 1 atom stereocenters. The van der Waals surface area contributed by atoms with Crippen molar-refractivity contribution in [1.82, 2.24) is 0 Å². The molecule has 22 heavy (non-hydrogen) atoms. The molecule has 0 amide bonds. The lowest BCUT2D eigenvalue weighted by atomic mass is 9.93. The first-order valence-corrected chi connectivity index (χ1v) is 8.23. The number of fused-ring (bicyclic) bond motifs is 1. The summed E-state index contributed by atoms with van der Waals surface area (Å²) in [5, 5.41) is 2.70. The van der Waals surface area contributed by atoms with Gasteiger partial charge in [0.25, 0.3) is 0 Å². The van der Waals surface area contributed by atoms with E-state index in [1.807, 2.05) is 0 Å². The minimum atomic E-state index is 0.501. The highest BCUT2D eigenvalue weighted by Gasteiger charge is 2.24. The smallest absolute Gasteiger partial charge is 0.0542 e. The van der Waals surface area contributed by atoms with Crippen molar-refractivity contribution in [3.05, 3.63) is 78.4 Å². The van der Waals surface area contributed by atoms with E-state index in [0.717, 1.165) is 6.54 Å². The van der Waals surface area contributed by atoms with Crippen molar-refractivity contribution in [2.24, 2.45) is 0 Å². The number of piperidine rings is 1. The van der Waals surface area contributed by atoms with E-state index in [1.165, 1.54) is 41.3 Å². The summed E-state index contributed by atoms with van der Waals surface area (Å²) in [6, 6.07) is 26.9. The maximum absolute atomic E-state index is 2.61. The SMILES string of the molecule is c1ccc(C2CCCCN2c2cccc3ccccc23)cc1. The summed E-state index contributed by atoms with van der Waals surface area (Å²) in [5.41, 5.74) is 2.82. The highest BCUT2D eigenvalue weighted by molar-refractivity contribution is 5.94. The van der Waals surface area contributed by atoms with Gasteiger partial charge in [0.05, 0.1) is 6.04 Å². The zero-order valence-corrected chi connectivity index (χ0v) is 12.8. The molecular weight excluding hydrogens is 266 g/mol. The Kier molecular flexibility index (Phi) is 3.56. The van der Waals surface area contributed by atoms with Crippen LogP contribution in [0, 0.1) is 0 Å². The summed E-state index contributed by atoms with van der Waals surface area (Å²) < 4.78 is 0. The van der Waals surface area contributed by atoms with Gasteiger partial charge in [0, 0.05) is 17.6 Å². The third-order valence-corrected chi connectivity index (χ3v) is 4.76. The first kappa shape index (κ1) is 13.4. The largest absolute Gasteiger partial charge is 0.364 e. The van der Waals surface area contributed by atoms with Crippen molar-refractivity contribution in [2.45, 2.75) is 25.3 Å². The lowest BCUT2D eigenvalue weighted by Crippen LogP contribution is -2.33. The molecule has 1 heteroatoms. The molecule has 110 valence electrons. The maximum Gasteiger partial charge on any atom is 0.0542 e. The van der Waals surface area contributed by atoms with Gasteiger partial charge in [-0.25, -0.2) is 0 Å². The summed E-state index contributed by atoms with van der Waals surface area (Å²) in [4.78, 5) is 2.61. The van der Waals surface area contributed by atoms with Gasteiger partial charge in [0.2, 0.25) is 0 Å². The molecule has 1 aliphatic rings. The Hall–Kier alpha value is -2.28. The lowest BCUT2D eigenvalue weighted by Gasteiger charge is -2.38. The summed E-state index contributed by atoms with van der Waals surface area (Å²) in [5.74, 6) is 0. The Labute approximate surface area is 132 Å². The maximum atomic E-state index is 2.61. The molecular formula is C21H21N. The summed E-state index contributed by atoms with van der Waals surface area (Å²) >= 11 is 0. The van der Waals surface area contributed by atoms with E-state index in [9.17, 15) is 0 Å². The highest BCUT2D eigenvalue weighted by Crippen LogP contribution is 2.38. The van der Waals surface area contributed by atoms with Gasteiger partial charge in [-0.2, -0.15) is 0 Å². The average Bonchev–Trinajstić information content (AvgIpc) is 2.62. The Morgan fingerprint density at radius 1 is 0.727 bits per heavy atom. The zero-order valence-electron chi connectivity index (χ0n) is 12.8. The molecule has 0 aromatic heterocycles. The second kappa shape index (κ2) is 5.84. The molecule has 4 rings (SSSR count). The first-order chi connectivity index (χ1) is 10.9. The monoisotopic (exact) mass is 287 g/mol. The Balaban J connectivity index is 1.81. The fourth-order valence-electron chi connectivity index (χ4n) is 3.70. The average molecular weight is 287 g/mol. The van der Waals surface area contributed by atoms with E-state index in [1.54, 1.807) is 0 Å². The van der Waals surface area contributed by atoms with E-state index in [-0.39, 0.29) is 0 Å². The van der Waals surface area contributed by atoms with Gasteiger partial charge >= 0.3 is 0 Å². The van der Waals surface area contributed by atoms with E-state index >= 15 is 0 Å². The van der Waals surface area contributed by atoms with Gasteiger partial charge in [-0.1, -0.05) is 66.7 Å². The van der Waals surface area contributed by atoms with Crippen LogP contribution in [0.5, 0.6) is 0 Å². The third-order valence-electron chi connectivity index (χ3n) is 4.76. The molecule has 0 saturated carbocycles. The van der Waals surface area contributed by atoms with Crippen LogP contribution in [0.1, 0.15) is 30.9 Å². The second-order valence-corrected chi connectivity index (χ2v) is 6.11. The van der Waals surface area contributed by atoms with E-state index < -0.39 is 0 Å². The normalized spacial score (nSPS) is 18.5. The molecule has 0 bridgehead atoms. The fourth-order valence-corrected chi connectivity index (χ4v) is 3.70. The molecule has 1 unspecified atom stereocenters. The Morgan fingerprint density at radius 3 is 2.41 bits per heavy atom. The predicted octanol–water partition coefficient (Wildman–Crippen LogP) is 5.57. The standard InChI is InChI=1S/C21H21N/c1-2-10-18(11-3-1)20-14-6-7-16-22(20)21-15-8-12-17-9-4-5-13-19(17)21/h1-5,8-13,15,20H,6-7,14,16H2. The third kappa shape index (κ3) is 2.37. The van der Waals surface area contributed by atoms with Crippen LogP contribution >= 0.6 is 0 Å². The second-order valence-electron chi connectivity index (χ2n) is 6.11. The first-order valence-electron chi connectivity index (χ1n) is 8.23.